The average molecular weight is 461 g/mol. The molecule has 0 spiro atoms. The van der Waals surface area contributed by atoms with Crippen molar-refractivity contribution in [2.45, 2.75) is 32.0 Å². The zero-order chi connectivity index (χ0) is 23.7. The first-order chi connectivity index (χ1) is 15.8. The van der Waals surface area contributed by atoms with Crippen molar-refractivity contribution in [1.29, 1.82) is 0 Å². The van der Waals surface area contributed by atoms with E-state index in [1.165, 1.54) is 18.2 Å². The number of nitrogens with zero attached hydrogens (tertiary/aromatic N) is 1. The van der Waals surface area contributed by atoms with Crippen LogP contribution in [-0.4, -0.2) is 78.8 Å². The lowest BCUT2D eigenvalue weighted by molar-refractivity contribution is -0.142. The van der Waals surface area contributed by atoms with Crippen LogP contribution in [0.5, 0.6) is 0 Å². The molecule has 4 N–H and O–H groups in total. The van der Waals surface area contributed by atoms with Crippen LogP contribution in [0.3, 0.4) is 0 Å². The number of nitrogens with one attached hydrogen (secondary N) is 3. The Morgan fingerprint density at radius 1 is 1.33 bits per heavy atom. The van der Waals surface area contributed by atoms with Gasteiger partial charge in [0.2, 0.25) is 11.8 Å². The lowest BCUT2D eigenvalue weighted by atomic mass is 9.87. The van der Waals surface area contributed by atoms with Crippen molar-refractivity contribution in [1.82, 2.24) is 15.5 Å². The predicted octanol–water partition coefficient (Wildman–Crippen LogP) is 0.110. The monoisotopic (exact) mass is 460 g/mol. The van der Waals surface area contributed by atoms with E-state index in [-0.39, 0.29) is 35.7 Å². The molecule has 3 aliphatic heterocycles. The Kier molecular flexibility index (Phi) is 6.78. The standard InChI is InChI=1S/C23H29FN4O5/c1-12-18(10-16-15-9-14(24)3-4-17(15)26-21(16)30)25-13(2)20(12)22(31)27-19(11-29)23(32)28-5-7-33-8-6-28/h3-4,9-10,12-13,18-20,25,29H,5-8,11H2,1-2H3,(H,26,30)(H,27,31)/b16-10-/t12?,13?,18?,19-,20?/m1/s1. The minimum atomic E-state index is -1.03. The molecule has 0 aromatic heterocycles. The summed E-state index contributed by atoms with van der Waals surface area (Å²) in [6, 6.07) is 2.55. The Morgan fingerprint density at radius 2 is 2.06 bits per heavy atom. The molecule has 3 amide bonds. The summed E-state index contributed by atoms with van der Waals surface area (Å²) in [6.45, 7) is 4.94. The number of aliphatic hydroxyl groups is 1. The van der Waals surface area contributed by atoms with E-state index in [2.05, 4.69) is 16.0 Å². The molecule has 0 saturated carbocycles. The van der Waals surface area contributed by atoms with Crippen molar-refractivity contribution >= 4 is 29.0 Å². The van der Waals surface area contributed by atoms with E-state index in [4.69, 9.17) is 4.74 Å². The van der Waals surface area contributed by atoms with Gasteiger partial charge in [-0.25, -0.2) is 4.39 Å². The smallest absolute Gasteiger partial charge is 0.256 e. The Hall–Kier alpha value is -2.82. The fourth-order valence-electron chi connectivity index (χ4n) is 4.87. The summed E-state index contributed by atoms with van der Waals surface area (Å²) >= 11 is 0. The molecule has 3 aliphatic rings. The summed E-state index contributed by atoms with van der Waals surface area (Å²) < 4.78 is 19.0. The molecule has 0 radical (unpaired) electrons. The van der Waals surface area contributed by atoms with Crippen molar-refractivity contribution in [3.8, 4) is 0 Å². The number of rotatable bonds is 5. The molecule has 4 unspecified atom stereocenters. The van der Waals surface area contributed by atoms with Gasteiger partial charge in [-0.15, -0.1) is 0 Å². The minimum absolute atomic E-state index is 0.212. The number of amides is 3. The van der Waals surface area contributed by atoms with Gasteiger partial charge in [0, 0.05) is 42.0 Å². The zero-order valence-electron chi connectivity index (χ0n) is 18.6. The fourth-order valence-corrected chi connectivity index (χ4v) is 4.87. The number of aliphatic hydroxyl groups excluding tert-OH is 1. The number of anilines is 1. The van der Waals surface area contributed by atoms with Gasteiger partial charge in [0.15, 0.2) is 0 Å². The van der Waals surface area contributed by atoms with Crippen molar-refractivity contribution in [3.05, 3.63) is 35.7 Å². The van der Waals surface area contributed by atoms with Crippen LogP contribution >= 0.6 is 0 Å². The van der Waals surface area contributed by atoms with Crippen molar-refractivity contribution in [3.63, 3.8) is 0 Å². The maximum atomic E-state index is 13.7. The number of morpholine rings is 1. The first kappa shape index (κ1) is 23.3. The van der Waals surface area contributed by atoms with Gasteiger partial charge in [-0.05, 0) is 31.0 Å². The molecular formula is C23H29FN4O5. The Bertz CT molecular complexity index is 978. The summed E-state index contributed by atoms with van der Waals surface area (Å²) in [6.07, 6.45) is 1.73. The Labute approximate surface area is 191 Å². The second kappa shape index (κ2) is 9.58. The van der Waals surface area contributed by atoms with Crippen molar-refractivity contribution in [2.24, 2.45) is 11.8 Å². The highest BCUT2D eigenvalue weighted by atomic mass is 19.1. The maximum absolute atomic E-state index is 13.7. The summed E-state index contributed by atoms with van der Waals surface area (Å²) in [5.41, 5.74) is 1.40. The number of carbonyl (C=O) groups excluding carboxylic acids is 3. The SMILES string of the molecule is CC1NC(/C=C2\C(=O)Nc3ccc(F)cc32)C(C)C1C(=O)N[C@H](CO)C(=O)N1CCOCC1. The van der Waals surface area contributed by atoms with E-state index in [1.54, 1.807) is 11.0 Å². The number of hydrogen-bond donors (Lipinski definition) is 4. The topological polar surface area (TPSA) is 120 Å². The first-order valence-corrected chi connectivity index (χ1v) is 11.2. The number of hydrogen-bond acceptors (Lipinski definition) is 6. The van der Waals surface area contributed by atoms with Gasteiger partial charge < -0.3 is 30.7 Å². The normalized spacial score (nSPS) is 29.0. The molecule has 4 rings (SSSR count). The van der Waals surface area contributed by atoms with Gasteiger partial charge in [-0.3, -0.25) is 14.4 Å². The largest absolute Gasteiger partial charge is 0.394 e. The molecule has 3 heterocycles. The predicted molar refractivity (Wildman–Crippen MR) is 118 cm³/mol. The van der Waals surface area contributed by atoms with E-state index in [0.717, 1.165) is 0 Å². The molecular weight excluding hydrogens is 431 g/mol. The quantitative estimate of drug-likeness (QED) is 0.463. The van der Waals surface area contributed by atoms with Crippen LogP contribution in [0.4, 0.5) is 10.1 Å². The van der Waals surface area contributed by atoms with Crippen LogP contribution < -0.4 is 16.0 Å². The molecule has 9 nitrogen and oxygen atoms in total. The molecule has 0 bridgehead atoms. The summed E-state index contributed by atoms with van der Waals surface area (Å²) in [5.74, 6) is -2.13. The molecule has 1 aromatic carbocycles. The molecule has 2 fully saturated rings. The summed E-state index contributed by atoms with van der Waals surface area (Å²) in [7, 11) is 0. The molecule has 178 valence electrons. The number of fused-ring (bicyclic) bond motifs is 1. The van der Waals surface area contributed by atoms with Crippen molar-refractivity contribution in [2.75, 3.05) is 38.2 Å². The number of halogens is 1. The highest BCUT2D eigenvalue weighted by Crippen LogP contribution is 2.35. The third-order valence-electron chi connectivity index (χ3n) is 6.66. The van der Waals surface area contributed by atoms with E-state index >= 15 is 0 Å². The molecule has 33 heavy (non-hydrogen) atoms. The van der Waals surface area contributed by atoms with Crippen LogP contribution in [0, 0.1) is 17.7 Å². The van der Waals surface area contributed by atoms with Gasteiger partial charge >= 0.3 is 0 Å². The number of ether oxygens (including phenoxy) is 1. The van der Waals surface area contributed by atoms with Gasteiger partial charge in [0.1, 0.15) is 11.9 Å². The average Bonchev–Trinajstić information content (AvgIpc) is 3.26. The van der Waals surface area contributed by atoms with Crippen molar-refractivity contribution < 1.29 is 28.6 Å². The fraction of sp³-hybridized carbons (Fsp3) is 0.522. The van der Waals surface area contributed by atoms with Gasteiger partial charge in [-0.1, -0.05) is 13.0 Å². The molecule has 2 saturated heterocycles. The van der Waals surface area contributed by atoms with Gasteiger partial charge in [0.25, 0.3) is 5.91 Å². The Balaban J connectivity index is 1.47. The summed E-state index contributed by atoms with van der Waals surface area (Å²) in [4.78, 5) is 39.9. The van der Waals surface area contributed by atoms with Crippen LogP contribution in [0.2, 0.25) is 0 Å². The maximum Gasteiger partial charge on any atom is 0.256 e. The second-order valence-electron chi connectivity index (χ2n) is 8.77. The highest BCUT2D eigenvalue weighted by molar-refractivity contribution is 6.31. The molecule has 1 aromatic rings. The zero-order valence-corrected chi connectivity index (χ0v) is 18.6. The van der Waals surface area contributed by atoms with E-state index in [0.29, 0.717) is 43.1 Å². The van der Waals surface area contributed by atoms with Gasteiger partial charge in [-0.2, -0.15) is 0 Å². The molecule has 0 aliphatic carbocycles. The number of carbonyl (C=O) groups is 3. The molecule has 10 heteroatoms. The van der Waals surface area contributed by atoms with E-state index < -0.39 is 24.4 Å². The van der Waals surface area contributed by atoms with Crippen LogP contribution in [0.25, 0.3) is 5.57 Å². The summed E-state index contributed by atoms with van der Waals surface area (Å²) in [5, 5.41) is 18.5. The van der Waals surface area contributed by atoms with Crippen LogP contribution in [-0.2, 0) is 19.1 Å². The van der Waals surface area contributed by atoms with Crippen LogP contribution in [0.15, 0.2) is 24.3 Å². The van der Waals surface area contributed by atoms with E-state index in [9.17, 15) is 23.9 Å². The lowest BCUT2D eigenvalue weighted by Crippen LogP contribution is -2.55. The third-order valence-corrected chi connectivity index (χ3v) is 6.66. The first-order valence-electron chi connectivity index (χ1n) is 11.2. The minimum Gasteiger partial charge on any atom is -0.394 e. The highest BCUT2D eigenvalue weighted by Gasteiger charge is 2.43. The second-order valence-corrected chi connectivity index (χ2v) is 8.77. The third kappa shape index (κ3) is 4.64. The van der Waals surface area contributed by atoms with E-state index in [1.807, 2.05) is 13.8 Å². The number of benzene rings is 1. The lowest BCUT2D eigenvalue weighted by Gasteiger charge is -2.31. The van der Waals surface area contributed by atoms with Crippen LogP contribution in [0.1, 0.15) is 19.4 Å². The Morgan fingerprint density at radius 3 is 2.76 bits per heavy atom. The van der Waals surface area contributed by atoms with Gasteiger partial charge in [0.05, 0.1) is 25.7 Å². The molecule has 5 atom stereocenters.